The van der Waals surface area contributed by atoms with Crippen LogP contribution in [0.15, 0.2) is 4.99 Å². The van der Waals surface area contributed by atoms with Gasteiger partial charge in [0.05, 0.1) is 0 Å². The number of rotatable bonds is 9. The number of nitrogens with zero attached hydrogens (tertiary/aromatic N) is 1. The Morgan fingerprint density at radius 2 is 2.06 bits per heavy atom. The zero-order valence-electron chi connectivity index (χ0n) is 9.85. The molecule has 0 aromatic rings. The SMILES string of the molecule is CC(NC(=O)CCCCCN=CNO)C(=O)O. The monoisotopic (exact) mass is 245 g/mol. The van der Waals surface area contributed by atoms with Crippen molar-refractivity contribution in [1.82, 2.24) is 10.8 Å². The fourth-order valence-electron chi connectivity index (χ4n) is 1.15. The maximum Gasteiger partial charge on any atom is 0.325 e. The summed E-state index contributed by atoms with van der Waals surface area (Å²) in [4.78, 5) is 25.5. The van der Waals surface area contributed by atoms with Crippen molar-refractivity contribution in [1.29, 1.82) is 0 Å². The fourth-order valence-corrected chi connectivity index (χ4v) is 1.15. The molecule has 1 amide bonds. The van der Waals surface area contributed by atoms with Crippen LogP contribution in [0.4, 0.5) is 0 Å². The lowest BCUT2D eigenvalue weighted by molar-refractivity contribution is -0.141. The van der Waals surface area contributed by atoms with Gasteiger partial charge in [-0.15, -0.1) is 0 Å². The number of unbranched alkanes of at least 4 members (excludes halogenated alkanes) is 2. The van der Waals surface area contributed by atoms with Crippen molar-refractivity contribution in [3.8, 4) is 0 Å². The summed E-state index contributed by atoms with van der Waals surface area (Å²) < 4.78 is 0. The number of hydrogen-bond acceptors (Lipinski definition) is 4. The molecule has 0 rings (SSSR count). The minimum Gasteiger partial charge on any atom is -0.480 e. The summed E-state index contributed by atoms with van der Waals surface area (Å²) in [5.74, 6) is -1.29. The van der Waals surface area contributed by atoms with Crippen molar-refractivity contribution in [2.45, 2.75) is 38.6 Å². The average molecular weight is 245 g/mol. The van der Waals surface area contributed by atoms with Crippen LogP contribution in [0.2, 0.25) is 0 Å². The van der Waals surface area contributed by atoms with Crippen LogP contribution in [0.5, 0.6) is 0 Å². The highest BCUT2D eigenvalue weighted by molar-refractivity contribution is 5.83. The molecule has 0 saturated heterocycles. The van der Waals surface area contributed by atoms with E-state index >= 15 is 0 Å². The number of aliphatic carboxylic acids is 1. The molecule has 0 fully saturated rings. The Labute approximate surface area is 99.9 Å². The van der Waals surface area contributed by atoms with Crippen LogP contribution < -0.4 is 10.8 Å². The Morgan fingerprint density at radius 1 is 1.35 bits per heavy atom. The number of nitrogens with one attached hydrogen (secondary N) is 2. The molecule has 0 aliphatic heterocycles. The lowest BCUT2D eigenvalue weighted by Gasteiger charge is -2.08. The molecule has 0 heterocycles. The summed E-state index contributed by atoms with van der Waals surface area (Å²) in [7, 11) is 0. The zero-order chi connectivity index (χ0) is 13.1. The van der Waals surface area contributed by atoms with Crippen LogP contribution in [-0.4, -0.2) is 41.1 Å². The number of aliphatic imine (C=N–C) groups is 1. The maximum absolute atomic E-state index is 11.2. The van der Waals surface area contributed by atoms with Gasteiger partial charge in [0.15, 0.2) is 0 Å². The first-order valence-corrected chi connectivity index (χ1v) is 5.48. The summed E-state index contributed by atoms with van der Waals surface area (Å²) in [6.07, 6.45) is 3.86. The standard InChI is InChI=1S/C10H19N3O4/c1-8(10(15)16)13-9(14)5-3-2-4-6-11-7-12-17/h7-8,17H,2-6H2,1H3,(H,11,12)(H,13,14)(H,15,16). The molecule has 0 radical (unpaired) electrons. The first-order valence-electron chi connectivity index (χ1n) is 5.48. The second-order valence-electron chi connectivity index (χ2n) is 3.60. The topological polar surface area (TPSA) is 111 Å². The predicted molar refractivity (Wildman–Crippen MR) is 62.0 cm³/mol. The van der Waals surface area contributed by atoms with Crippen molar-refractivity contribution < 1.29 is 19.9 Å². The molecule has 0 aromatic heterocycles. The van der Waals surface area contributed by atoms with E-state index in [4.69, 9.17) is 10.3 Å². The van der Waals surface area contributed by atoms with Crippen LogP contribution in [0, 0.1) is 0 Å². The van der Waals surface area contributed by atoms with E-state index in [1.54, 1.807) is 5.48 Å². The number of carbonyl (C=O) groups excluding carboxylic acids is 1. The molecule has 7 heteroatoms. The molecule has 1 unspecified atom stereocenters. The Morgan fingerprint density at radius 3 is 2.65 bits per heavy atom. The quantitative estimate of drug-likeness (QED) is 0.200. The fraction of sp³-hybridized carbons (Fsp3) is 0.700. The number of carboxylic acid groups (broad SMARTS) is 1. The van der Waals surface area contributed by atoms with Crippen molar-refractivity contribution in [3.63, 3.8) is 0 Å². The molecule has 0 spiro atoms. The summed E-state index contributed by atoms with van der Waals surface area (Å²) in [5, 5.41) is 19.1. The van der Waals surface area contributed by atoms with Gasteiger partial charge in [-0.25, -0.2) is 0 Å². The molecule has 98 valence electrons. The van der Waals surface area contributed by atoms with Gasteiger partial charge in [0.25, 0.3) is 0 Å². The Kier molecular flexibility index (Phi) is 8.67. The van der Waals surface area contributed by atoms with Crippen LogP contribution >= 0.6 is 0 Å². The number of carboxylic acids is 1. The second-order valence-corrected chi connectivity index (χ2v) is 3.60. The van der Waals surface area contributed by atoms with Gasteiger partial charge in [0, 0.05) is 13.0 Å². The Balaban J connectivity index is 3.45. The molecule has 17 heavy (non-hydrogen) atoms. The molecule has 7 nitrogen and oxygen atoms in total. The smallest absolute Gasteiger partial charge is 0.325 e. The third kappa shape index (κ3) is 9.31. The van der Waals surface area contributed by atoms with Gasteiger partial charge in [-0.05, 0) is 19.8 Å². The van der Waals surface area contributed by atoms with Crippen LogP contribution in [0.3, 0.4) is 0 Å². The third-order valence-electron chi connectivity index (χ3n) is 2.09. The van der Waals surface area contributed by atoms with E-state index in [9.17, 15) is 9.59 Å². The van der Waals surface area contributed by atoms with E-state index in [0.717, 1.165) is 12.8 Å². The number of hydroxylamine groups is 1. The number of amides is 1. The zero-order valence-corrected chi connectivity index (χ0v) is 9.85. The summed E-state index contributed by atoms with van der Waals surface area (Å²) in [5.41, 5.74) is 1.80. The lowest BCUT2D eigenvalue weighted by atomic mass is 10.2. The first kappa shape index (κ1) is 15.4. The van der Waals surface area contributed by atoms with E-state index in [1.807, 2.05) is 0 Å². The predicted octanol–water partition coefficient (Wildman–Crippen LogP) is 0.143. The van der Waals surface area contributed by atoms with Crippen molar-refractivity contribution in [3.05, 3.63) is 0 Å². The molecule has 4 N–H and O–H groups in total. The Bertz CT molecular complexity index is 268. The van der Waals surface area contributed by atoms with Gasteiger partial charge < -0.3 is 10.4 Å². The molecule has 0 aromatic carbocycles. The molecule has 0 bridgehead atoms. The van der Waals surface area contributed by atoms with Crippen molar-refractivity contribution >= 4 is 18.2 Å². The van der Waals surface area contributed by atoms with Crippen LogP contribution in [0.25, 0.3) is 0 Å². The summed E-state index contributed by atoms with van der Waals surface area (Å²) in [6, 6.07) is -0.845. The third-order valence-corrected chi connectivity index (χ3v) is 2.09. The maximum atomic E-state index is 11.2. The van der Waals surface area contributed by atoms with E-state index in [1.165, 1.54) is 13.3 Å². The minimum atomic E-state index is -1.04. The highest BCUT2D eigenvalue weighted by atomic mass is 16.5. The second kappa shape index (κ2) is 9.59. The molecular formula is C10H19N3O4. The van der Waals surface area contributed by atoms with Gasteiger partial charge in [-0.1, -0.05) is 6.42 Å². The first-order chi connectivity index (χ1) is 8.07. The van der Waals surface area contributed by atoms with Gasteiger partial charge >= 0.3 is 5.97 Å². The van der Waals surface area contributed by atoms with Crippen molar-refractivity contribution in [2.24, 2.45) is 4.99 Å². The van der Waals surface area contributed by atoms with Gasteiger partial charge in [-0.3, -0.25) is 25.3 Å². The van der Waals surface area contributed by atoms with E-state index in [0.29, 0.717) is 19.4 Å². The van der Waals surface area contributed by atoms with E-state index in [-0.39, 0.29) is 5.91 Å². The van der Waals surface area contributed by atoms with E-state index < -0.39 is 12.0 Å². The molecule has 0 aliphatic carbocycles. The van der Waals surface area contributed by atoms with Gasteiger partial charge in [-0.2, -0.15) is 0 Å². The molecular weight excluding hydrogens is 226 g/mol. The highest BCUT2D eigenvalue weighted by Gasteiger charge is 2.12. The van der Waals surface area contributed by atoms with E-state index in [2.05, 4.69) is 10.3 Å². The minimum absolute atomic E-state index is 0.250. The van der Waals surface area contributed by atoms with Gasteiger partial charge in [0.2, 0.25) is 5.91 Å². The summed E-state index contributed by atoms with van der Waals surface area (Å²) >= 11 is 0. The molecule has 0 saturated carbocycles. The molecule has 0 aliphatic rings. The highest BCUT2D eigenvalue weighted by Crippen LogP contribution is 2.00. The van der Waals surface area contributed by atoms with Crippen molar-refractivity contribution in [2.75, 3.05) is 6.54 Å². The molecule has 1 atom stereocenters. The van der Waals surface area contributed by atoms with Crippen LogP contribution in [-0.2, 0) is 9.59 Å². The number of carbonyl (C=O) groups is 2. The summed E-state index contributed by atoms with van der Waals surface area (Å²) in [6.45, 7) is 2.01. The Hall–Kier alpha value is -1.63. The largest absolute Gasteiger partial charge is 0.480 e. The number of hydrogen-bond donors (Lipinski definition) is 4. The average Bonchev–Trinajstić information content (AvgIpc) is 2.27. The lowest BCUT2D eigenvalue weighted by Crippen LogP contribution is -2.38. The van der Waals surface area contributed by atoms with Crippen LogP contribution in [0.1, 0.15) is 32.6 Å². The normalized spacial score (nSPS) is 12.4. The van der Waals surface area contributed by atoms with Gasteiger partial charge in [0.1, 0.15) is 12.4 Å².